The van der Waals surface area contributed by atoms with Crippen LogP contribution in [0.5, 0.6) is 11.5 Å². The summed E-state index contributed by atoms with van der Waals surface area (Å²) in [7, 11) is 1.57. The maximum Gasteiger partial charge on any atom is 0.409 e. The van der Waals surface area contributed by atoms with Crippen LogP contribution in [-0.4, -0.2) is 68.3 Å². The molecule has 1 fully saturated rings. The van der Waals surface area contributed by atoms with Crippen LogP contribution in [0.15, 0.2) is 30.9 Å². The summed E-state index contributed by atoms with van der Waals surface area (Å²) in [6, 6.07) is 5.60. The molecule has 0 spiro atoms. The highest BCUT2D eigenvalue weighted by Crippen LogP contribution is 2.28. The van der Waals surface area contributed by atoms with Crippen molar-refractivity contribution >= 4 is 12.0 Å². The Morgan fingerprint density at radius 1 is 1.14 bits per heavy atom. The minimum atomic E-state index is -0.318. The van der Waals surface area contributed by atoms with E-state index in [1.54, 1.807) is 23.0 Å². The lowest BCUT2D eigenvalue weighted by Crippen LogP contribution is -2.51. The first-order chi connectivity index (χ1) is 13.4. The third-order valence-corrected chi connectivity index (χ3v) is 4.39. The molecule has 2 rings (SSSR count). The van der Waals surface area contributed by atoms with Gasteiger partial charge in [-0.3, -0.25) is 4.79 Å². The molecule has 0 aliphatic carbocycles. The number of hydrogen-bond acceptors (Lipinski definition) is 5. The molecule has 0 atom stereocenters. The first-order valence-corrected chi connectivity index (χ1v) is 9.54. The molecule has 0 unspecified atom stereocenters. The number of carbonyl (C=O) groups excluding carboxylic acids is 2. The van der Waals surface area contributed by atoms with Gasteiger partial charge in [0.15, 0.2) is 18.1 Å². The van der Waals surface area contributed by atoms with Gasteiger partial charge in [-0.25, -0.2) is 4.79 Å². The fourth-order valence-corrected chi connectivity index (χ4v) is 2.82. The number of amides is 2. The average Bonchev–Trinajstić information content (AvgIpc) is 2.71. The highest BCUT2D eigenvalue weighted by atomic mass is 16.6. The van der Waals surface area contributed by atoms with E-state index in [-0.39, 0.29) is 18.6 Å². The smallest absolute Gasteiger partial charge is 0.409 e. The summed E-state index contributed by atoms with van der Waals surface area (Å²) in [5.74, 6) is 1.30. The summed E-state index contributed by atoms with van der Waals surface area (Å²) in [4.78, 5) is 27.8. The van der Waals surface area contributed by atoms with Crippen molar-refractivity contribution in [1.29, 1.82) is 0 Å². The monoisotopic (exact) mass is 390 g/mol. The topological polar surface area (TPSA) is 68.3 Å². The van der Waals surface area contributed by atoms with Crippen LogP contribution in [0.1, 0.15) is 19.4 Å². The van der Waals surface area contributed by atoms with Gasteiger partial charge in [-0.05, 0) is 30.0 Å². The molecule has 1 aromatic rings. The minimum Gasteiger partial charge on any atom is -0.493 e. The fraction of sp³-hybridized carbons (Fsp3) is 0.524. The Bertz CT molecular complexity index is 681. The number of rotatable bonds is 8. The van der Waals surface area contributed by atoms with Gasteiger partial charge in [0.25, 0.3) is 5.91 Å². The van der Waals surface area contributed by atoms with Crippen LogP contribution < -0.4 is 9.47 Å². The molecule has 1 aliphatic rings. The number of carbonyl (C=O) groups is 2. The van der Waals surface area contributed by atoms with E-state index in [0.29, 0.717) is 50.2 Å². The lowest BCUT2D eigenvalue weighted by atomic mass is 10.1. The molecule has 7 nitrogen and oxygen atoms in total. The van der Waals surface area contributed by atoms with Gasteiger partial charge in [0.2, 0.25) is 0 Å². The van der Waals surface area contributed by atoms with Crippen molar-refractivity contribution in [3.63, 3.8) is 0 Å². The lowest BCUT2D eigenvalue weighted by Gasteiger charge is -2.34. The normalized spacial score (nSPS) is 14.0. The Morgan fingerprint density at radius 3 is 2.43 bits per heavy atom. The van der Waals surface area contributed by atoms with Gasteiger partial charge in [-0.1, -0.05) is 26.0 Å². The SMILES string of the molecule is C=CCc1ccc(OCC(=O)N2CCN(C(=O)OCC(C)C)CC2)c(OC)c1. The molecule has 0 aromatic heterocycles. The minimum absolute atomic E-state index is 0.0744. The van der Waals surface area contributed by atoms with E-state index < -0.39 is 0 Å². The number of allylic oxidation sites excluding steroid dienone is 1. The van der Waals surface area contributed by atoms with Gasteiger partial charge >= 0.3 is 6.09 Å². The summed E-state index contributed by atoms with van der Waals surface area (Å²) in [5, 5.41) is 0. The van der Waals surface area contributed by atoms with E-state index in [2.05, 4.69) is 6.58 Å². The van der Waals surface area contributed by atoms with Crippen molar-refractivity contribution < 1.29 is 23.8 Å². The molecule has 154 valence electrons. The zero-order valence-corrected chi connectivity index (χ0v) is 17.0. The molecule has 7 heteroatoms. The lowest BCUT2D eigenvalue weighted by molar-refractivity contribution is -0.135. The fourth-order valence-electron chi connectivity index (χ4n) is 2.82. The van der Waals surface area contributed by atoms with Gasteiger partial charge in [0.05, 0.1) is 13.7 Å². The van der Waals surface area contributed by atoms with E-state index in [0.717, 1.165) is 12.0 Å². The second-order valence-corrected chi connectivity index (χ2v) is 7.11. The Labute approximate surface area is 166 Å². The van der Waals surface area contributed by atoms with E-state index in [9.17, 15) is 9.59 Å². The van der Waals surface area contributed by atoms with E-state index in [1.165, 1.54) is 0 Å². The third kappa shape index (κ3) is 6.18. The highest BCUT2D eigenvalue weighted by molar-refractivity contribution is 5.78. The van der Waals surface area contributed by atoms with E-state index >= 15 is 0 Å². The molecule has 0 N–H and O–H groups in total. The molecule has 0 bridgehead atoms. The first-order valence-electron chi connectivity index (χ1n) is 9.54. The van der Waals surface area contributed by atoms with Gasteiger partial charge < -0.3 is 24.0 Å². The molecular weight excluding hydrogens is 360 g/mol. The summed E-state index contributed by atoms with van der Waals surface area (Å²) >= 11 is 0. The van der Waals surface area contributed by atoms with Gasteiger partial charge in [0.1, 0.15) is 0 Å². The Kier molecular flexibility index (Phi) is 8.17. The number of nitrogens with zero attached hydrogens (tertiary/aromatic N) is 2. The molecular formula is C21H30N2O5. The van der Waals surface area contributed by atoms with Crippen molar-refractivity contribution in [2.75, 3.05) is 46.5 Å². The van der Waals surface area contributed by atoms with Crippen LogP contribution in [0, 0.1) is 5.92 Å². The third-order valence-electron chi connectivity index (χ3n) is 4.39. The van der Waals surface area contributed by atoms with Crippen LogP contribution >= 0.6 is 0 Å². The average molecular weight is 390 g/mol. The van der Waals surface area contributed by atoms with Crippen molar-refractivity contribution in [2.24, 2.45) is 5.92 Å². The van der Waals surface area contributed by atoms with Crippen LogP contribution in [-0.2, 0) is 16.0 Å². The summed E-state index contributed by atoms with van der Waals surface area (Å²) < 4.78 is 16.3. The summed E-state index contributed by atoms with van der Waals surface area (Å²) in [5.41, 5.74) is 1.06. The van der Waals surface area contributed by atoms with Crippen molar-refractivity contribution in [3.8, 4) is 11.5 Å². The number of benzene rings is 1. The van der Waals surface area contributed by atoms with Crippen molar-refractivity contribution in [3.05, 3.63) is 36.4 Å². The van der Waals surface area contributed by atoms with Crippen LogP contribution in [0.3, 0.4) is 0 Å². The Morgan fingerprint density at radius 2 is 1.82 bits per heavy atom. The molecule has 1 aliphatic heterocycles. The zero-order chi connectivity index (χ0) is 20.5. The number of piperazine rings is 1. The van der Waals surface area contributed by atoms with Crippen molar-refractivity contribution in [1.82, 2.24) is 9.80 Å². The molecule has 1 aromatic carbocycles. The standard InChI is InChI=1S/C21H30N2O5/c1-5-6-17-7-8-18(19(13-17)26-4)27-15-20(24)22-9-11-23(12-10-22)21(25)28-14-16(2)3/h5,7-8,13,16H,1,6,9-12,14-15H2,2-4H3. The molecule has 0 saturated carbocycles. The predicted molar refractivity (Wildman–Crippen MR) is 107 cm³/mol. The first kappa shape index (κ1) is 21.6. The number of ether oxygens (including phenoxy) is 3. The van der Waals surface area contributed by atoms with Gasteiger partial charge in [-0.15, -0.1) is 6.58 Å². The molecule has 1 heterocycles. The molecule has 0 radical (unpaired) electrons. The van der Waals surface area contributed by atoms with Crippen LogP contribution in [0.25, 0.3) is 0 Å². The van der Waals surface area contributed by atoms with E-state index in [1.807, 2.05) is 32.1 Å². The Balaban J connectivity index is 1.81. The second-order valence-electron chi connectivity index (χ2n) is 7.11. The second kappa shape index (κ2) is 10.6. The maximum atomic E-state index is 12.4. The number of methoxy groups -OCH3 is 1. The number of hydrogen-bond donors (Lipinski definition) is 0. The van der Waals surface area contributed by atoms with Gasteiger partial charge in [-0.2, -0.15) is 0 Å². The zero-order valence-electron chi connectivity index (χ0n) is 17.0. The van der Waals surface area contributed by atoms with E-state index in [4.69, 9.17) is 14.2 Å². The van der Waals surface area contributed by atoms with Crippen LogP contribution in [0.2, 0.25) is 0 Å². The quantitative estimate of drug-likeness (QED) is 0.639. The summed E-state index contributed by atoms with van der Waals surface area (Å²) in [6.45, 7) is 9.89. The summed E-state index contributed by atoms with van der Waals surface area (Å²) in [6.07, 6.45) is 2.23. The predicted octanol–water partition coefficient (Wildman–Crippen LogP) is 2.74. The molecule has 1 saturated heterocycles. The molecule has 28 heavy (non-hydrogen) atoms. The maximum absolute atomic E-state index is 12.4. The van der Waals surface area contributed by atoms with Crippen molar-refractivity contribution in [2.45, 2.75) is 20.3 Å². The van der Waals surface area contributed by atoms with Gasteiger partial charge in [0, 0.05) is 26.2 Å². The Hall–Kier alpha value is -2.70. The van der Waals surface area contributed by atoms with Crippen LogP contribution in [0.4, 0.5) is 4.79 Å². The largest absolute Gasteiger partial charge is 0.493 e. The molecule has 2 amide bonds. The highest BCUT2D eigenvalue weighted by Gasteiger charge is 2.25.